The Kier molecular flexibility index (Phi) is 15.6. The number of hydrogen-bond acceptors (Lipinski definition) is 12. The number of anilines is 3. The van der Waals surface area contributed by atoms with E-state index in [1.54, 1.807) is 12.1 Å². The molecule has 14 heteroatoms. The number of benzene rings is 1. The summed E-state index contributed by atoms with van der Waals surface area (Å²) in [4.78, 5) is 19.0. The molecule has 2 aliphatic rings. The van der Waals surface area contributed by atoms with Gasteiger partial charge >= 0.3 is 0 Å². The van der Waals surface area contributed by atoms with E-state index in [1.165, 1.54) is 44.8 Å². The molecule has 2 aromatic rings. The molecule has 0 saturated carbocycles. The first-order chi connectivity index (χ1) is 14.5. The summed E-state index contributed by atoms with van der Waals surface area (Å²) < 4.78 is 23.3. The van der Waals surface area contributed by atoms with Crippen molar-refractivity contribution >= 4 is 40.1 Å². The highest BCUT2D eigenvalue weighted by molar-refractivity contribution is 7.90. The van der Waals surface area contributed by atoms with Crippen molar-refractivity contribution in [2.45, 2.75) is 50.0 Å². The number of hydrogen-bond donors (Lipinski definition) is 5. The summed E-state index contributed by atoms with van der Waals surface area (Å²) in [6, 6.07) is 6.92. The van der Waals surface area contributed by atoms with Crippen molar-refractivity contribution in [3.05, 3.63) is 29.8 Å². The summed E-state index contributed by atoms with van der Waals surface area (Å²) in [7, 11) is -3.19. The predicted octanol–water partition coefficient (Wildman–Crippen LogP) is 4.92. The summed E-state index contributed by atoms with van der Waals surface area (Å²) in [6.07, 6.45) is 8.40. The van der Waals surface area contributed by atoms with Crippen molar-refractivity contribution < 1.29 is 14.1 Å². The summed E-state index contributed by atoms with van der Waals surface area (Å²) in [5.41, 5.74) is 0.974. The maximum Gasteiger partial charge on any atom is 0.231 e. The summed E-state index contributed by atoms with van der Waals surface area (Å²) in [5.74, 6) is 2.07. The van der Waals surface area contributed by atoms with Gasteiger partial charge in [-0.25, -0.2) is 8.42 Å². The molecule has 0 atom stereocenters. The number of nitrogens with one attached hydrogen (secondary N) is 1. The molecule has 1 aromatic heterocycles. The Labute approximate surface area is 221 Å². The molecule has 12 nitrogen and oxygen atoms in total. The SMILES string of the molecule is CS(=O)(=O)c1ccc(CNc2nc(N3CCCCC3)nc(N3CCCCC3)n2)cc1.Cl.N.N.N.N.[HH].[HH].[HH].[HH]. The smallest absolute Gasteiger partial charge is 0.231 e. The van der Waals surface area contributed by atoms with E-state index in [0.717, 1.165) is 43.6 Å². The molecule has 0 aliphatic carbocycles. The van der Waals surface area contributed by atoms with Gasteiger partial charge in [0.05, 0.1) is 4.90 Å². The van der Waals surface area contributed by atoms with Crippen LogP contribution in [0.2, 0.25) is 0 Å². The van der Waals surface area contributed by atoms with Crippen LogP contribution in [0.15, 0.2) is 29.2 Å². The first-order valence-electron chi connectivity index (χ1n) is 10.8. The Hall–Kier alpha value is -2.29. The molecule has 13 N–H and O–H groups in total. The fourth-order valence-electron chi connectivity index (χ4n) is 3.94. The average molecular weight is 543 g/mol. The van der Waals surface area contributed by atoms with Crippen molar-refractivity contribution in [2.24, 2.45) is 0 Å². The van der Waals surface area contributed by atoms with Crippen LogP contribution in [0.5, 0.6) is 0 Å². The van der Waals surface area contributed by atoms with Gasteiger partial charge in [0.2, 0.25) is 17.8 Å². The van der Waals surface area contributed by atoms with Crippen LogP contribution >= 0.6 is 12.4 Å². The van der Waals surface area contributed by atoms with Crippen LogP contribution in [0.25, 0.3) is 0 Å². The van der Waals surface area contributed by atoms with E-state index < -0.39 is 9.84 Å². The average Bonchev–Trinajstić information content (AvgIpc) is 2.78. The summed E-state index contributed by atoms with van der Waals surface area (Å²) in [5, 5.41) is 3.31. The van der Waals surface area contributed by atoms with Crippen LogP contribution in [0.1, 0.15) is 49.8 Å². The van der Waals surface area contributed by atoms with Crippen molar-refractivity contribution in [2.75, 3.05) is 47.6 Å². The Morgan fingerprint density at radius 1 is 0.771 bits per heavy atom. The molecule has 0 unspecified atom stereocenters. The van der Waals surface area contributed by atoms with E-state index >= 15 is 0 Å². The highest BCUT2D eigenvalue weighted by Crippen LogP contribution is 2.23. The Bertz CT molecular complexity index is 949. The highest BCUT2D eigenvalue weighted by Gasteiger charge is 2.20. The number of rotatable bonds is 6. The van der Waals surface area contributed by atoms with E-state index in [-0.39, 0.29) is 42.7 Å². The third-order valence-electron chi connectivity index (χ3n) is 5.69. The Balaban J connectivity index is -0.000000302. The van der Waals surface area contributed by atoms with Crippen LogP contribution in [0.4, 0.5) is 17.8 Å². The van der Waals surface area contributed by atoms with Gasteiger partial charge in [0.1, 0.15) is 0 Å². The van der Waals surface area contributed by atoms with Gasteiger partial charge in [-0.05, 0) is 56.2 Å². The number of sulfone groups is 1. The molecule has 35 heavy (non-hydrogen) atoms. The molecule has 0 radical (unpaired) electrons. The minimum atomic E-state index is -3.19. The van der Waals surface area contributed by atoms with Crippen LogP contribution in [0, 0.1) is 0 Å². The second-order valence-corrected chi connectivity index (χ2v) is 10.1. The third-order valence-corrected chi connectivity index (χ3v) is 6.82. The first kappa shape index (κ1) is 34.9. The summed E-state index contributed by atoms with van der Waals surface area (Å²) in [6.45, 7) is 4.45. The van der Waals surface area contributed by atoms with Crippen LogP contribution in [-0.4, -0.2) is 55.8 Å². The lowest BCUT2D eigenvalue weighted by Gasteiger charge is -2.30. The van der Waals surface area contributed by atoms with Gasteiger partial charge in [-0.3, -0.25) is 0 Å². The molecule has 3 heterocycles. The topological polar surface area (TPSA) is 231 Å². The molecule has 0 spiro atoms. The van der Waals surface area contributed by atoms with E-state index in [2.05, 4.69) is 15.1 Å². The Morgan fingerprint density at radius 3 is 1.60 bits per heavy atom. The molecule has 210 valence electrons. The van der Waals surface area contributed by atoms with Crippen molar-refractivity contribution in [3.8, 4) is 0 Å². The number of piperidine rings is 2. The number of nitrogens with zero attached hydrogens (tertiary/aromatic N) is 5. The zero-order valence-electron chi connectivity index (χ0n) is 20.8. The van der Waals surface area contributed by atoms with Gasteiger partial charge in [-0.1, -0.05) is 12.1 Å². The van der Waals surface area contributed by atoms with Gasteiger partial charge < -0.3 is 39.7 Å². The highest BCUT2D eigenvalue weighted by atomic mass is 35.5. The molecular formula is C21H51ClN10O2S. The van der Waals surface area contributed by atoms with E-state index in [9.17, 15) is 8.42 Å². The zero-order valence-corrected chi connectivity index (χ0v) is 22.4. The van der Waals surface area contributed by atoms with Gasteiger partial charge in [0.15, 0.2) is 9.84 Å². The normalized spacial score (nSPS) is 15.2. The zero-order chi connectivity index (χ0) is 21.0. The second-order valence-electron chi connectivity index (χ2n) is 8.12. The molecule has 2 aliphatic heterocycles. The molecular weight excluding hydrogens is 492 g/mol. The molecule has 2 saturated heterocycles. The minimum Gasteiger partial charge on any atom is -0.350 e. The monoisotopic (exact) mass is 542 g/mol. The van der Waals surface area contributed by atoms with Crippen LogP contribution in [0.3, 0.4) is 0 Å². The minimum absolute atomic E-state index is 0. The van der Waals surface area contributed by atoms with Gasteiger partial charge in [0, 0.05) is 44.7 Å². The lowest BCUT2D eigenvalue weighted by Crippen LogP contribution is -2.34. The third kappa shape index (κ3) is 9.35. The number of halogens is 1. The van der Waals surface area contributed by atoms with Crippen molar-refractivity contribution in [1.82, 2.24) is 39.6 Å². The van der Waals surface area contributed by atoms with Gasteiger partial charge in [-0.2, -0.15) is 15.0 Å². The lowest BCUT2D eigenvalue weighted by molar-refractivity contribution is 0.556. The Morgan fingerprint density at radius 2 is 1.20 bits per heavy atom. The standard InChI is InChI=1S/C21H30N6O2S.ClH.4H3N.4H2/c1-30(28,29)18-10-8-17(9-11-18)16-22-19-23-20(26-12-4-2-5-13-26)25-21(24-19)27-14-6-3-7-15-27;;;;;;;;;/h8-11H,2-7,12-16H2,1H3,(H,22,23,24,25);1H;4*1H3;4*1H. The van der Waals surface area contributed by atoms with E-state index in [1.807, 2.05) is 12.1 Å². The van der Waals surface area contributed by atoms with Gasteiger partial charge in [0.25, 0.3) is 0 Å². The van der Waals surface area contributed by atoms with Gasteiger partial charge in [-0.15, -0.1) is 12.4 Å². The van der Waals surface area contributed by atoms with E-state index in [0.29, 0.717) is 17.4 Å². The molecule has 2 fully saturated rings. The fourth-order valence-corrected chi connectivity index (χ4v) is 4.57. The van der Waals surface area contributed by atoms with Crippen LogP contribution in [-0.2, 0) is 16.4 Å². The molecule has 1 aromatic carbocycles. The molecule has 0 bridgehead atoms. The fraction of sp³-hybridized carbons (Fsp3) is 0.571. The summed E-state index contributed by atoms with van der Waals surface area (Å²) >= 11 is 0. The maximum atomic E-state index is 11.6. The quantitative estimate of drug-likeness (QED) is 0.327. The van der Waals surface area contributed by atoms with Crippen molar-refractivity contribution in [3.63, 3.8) is 0 Å². The molecule has 4 rings (SSSR count). The maximum absolute atomic E-state index is 11.6. The largest absolute Gasteiger partial charge is 0.350 e. The predicted molar refractivity (Wildman–Crippen MR) is 155 cm³/mol. The first-order valence-corrected chi connectivity index (χ1v) is 12.7. The second kappa shape index (κ2) is 15.7. The lowest BCUT2D eigenvalue weighted by atomic mass is 10.1. The van der Waals surface area contributed by atoms with E-state index in [4.69, 9.17) is 15.0 Å². The molecule has 0 amide bonds. The number of aromatic nitrogens is 3. The van der Waals surface area contributed by atoms with Crippen molar-refractivity contribution in [1.29, 1.82) is 0 Å². The van der Waals surface area contributed by atoms with Crippen LogP contribution < -0.4 is 39.7 Å².